The van der Waals surface area contributed by atoms with Crippen molar-refractivity contribution >= 4 is 35.5 Å². The van der Waals surface area contributed by atoms with Crippen LogP contribution in [-0.4, -0.2) is 24.1 Å². The lowest BCUT2D eigenvalue weighted by Crippen LogP contribution is -2.43. The number of anilines is 1. The fourth-order valence-corrected chi connectivity index (χ4v) is 2.17. The minimum atomic E-state index is -0.810. The van der Waals surface area contributed by atoms with Crippen LogP contribution in [0, 0.1) is 0 Å². The largest absolute Gasteiger partial charge is 0.336 e. The summed E-state index contributed by atoms with van der Waals surface area (Å²) in [5.41, 5.74) is 2.21. The van der Waals surface area contributed by atoms with Crippen molar-refractivity contribution in [1.82, 2.24) is 5.32 Å². The molecule has 1 aliphatic rings. The Morgan fingerprint density at radius 3 is 2.65 bits per heavy atom. The number of aliphatic imine (C=N–C) groups is 1. The van der Waals surface area contributed by atoms with Gasteiger partial charge in [0.15, 0.2) is 0 Å². The van der Waals surface area contributed by atoms with E-state index in [-0.39, 0.29) is 11.8 Å². The first-order valence-corrected chi connectivity index (χ1v) is 7.20. The van der Waals surface area contributed by atoms with Crippen LogP contribution in [0.15, 0.2) is 65.7 Å². The Morgan fingerprint density at radius 1 is 1.09 bits per heavy atom. The average Bonchev–Trinajstić information content (AvgIpc) is 2.73. The smallest absolute Gasteiger partial charge is 0.252 e. The van der Waals surface area contributed by atoms with Gasteiger partial charge in [-0.2, -0.15) is 0 Å². The Kier molecular flexibility index (Phi) is 4.29. The summed E-state index contributed by atoms with van der Waals surface area (Å²) in [6, 6.07) is 15.9. The zero-order valence-corrected chi connectivity index (χ0v) is 12.3. The van der Waals surface area contributed by atoms with Crippen molar-refractivity contribution in [2.45, 2.75) is 6.04 Å². The molecule has 1 aliphatic heterocycles. The minimum absolute atomic E-state index is 0.319. The number of amides is 2. The highest BCUT2D eigenvalue weighted by atomic mass is 16.2. The lowest BCUT2D eigenvalue weighted by molar-refractivity contribution is -0.122. The van der Waals surface area contributed by atoms with E-state index in [1.54, 1.807) is 18.2 Å². The highest BCUT2D eigenvalue weighted by Gasteiger charge is 2.21. The predicted octanol–water partition coefficient (Wildman–Crippen LogP) is 2.54. The molecule has 0 saturated carbocycles. The van der Waals surface area contributed by atoms with Crippen molar-refractivity contribution in [1.29, 1.82) is 0 Å². The van der Waals surface area contributed by atoms with E-state index in [1.165, 1.54) is 12.3 Å². The molecule has 5 nitrogen and oxygen atoms in total. The fourth-order valence-electron chi connectivity index (χ4n) is 2.17. The molecule has 1 atom stereocenters. The zero-order chi connectivity index (χ0) is 16.1. The van der Waals surface area contributed by atoms with E-state index in [2.05, 4.69) is 15.6 Å². The molecule has 0 unspecified atom stereocenters. The summed E-state index contributed by atoms with van der Waals surface area (Å²) in [6.45, 7) is 0. The van der Waals surface area contributed by atoms with Crippen molar-refractivity contribution in [2.24, 2.45) is 4.99 Å². The van der Waals surface area contributed by atoms with E-state index in [1.807, 2.05) is 42.5 Å². The second-order valence-corrected chi connectivity index (χ2v) is 5.01. The van der Waals surface area contributed by atoms with E-state index < -0.39 is 6.04 Å². The number of carbonyl (C=O) groups is 2. The Labute approximate surface area is 133 Å². The predicted molar refractivity (Wildman–Crippen MR) is 90.6 cm³/mol. The third kappa shape index (κ3) is 3.71. The highest BCUT2D eigenvalue weighted by Crippen LogP contribution is 2.25. The molecule has 2 aromatic carbocycles. The molecule has 0 bridgehead atoms. The molecular weight excluding hydrogens is 290 g/mol. The van der Waals surface area contributed by atoms with Crippen LogP contribution < -0.4 is 10.6 Å². The molecule has 2 aromatic rings. The van der Waals surface area contributed by atoms with Gasteiger partial charge in [-0.15, -0.1) is 0 Å². The molecule has 114 valence electrons. The molecule has 0 radical (unpaired) electrons. The van der Waals surface area contributed by atoms with Crippen LogP contribution in [0.2, 0.25) is 0 Å². The second kappa shape index (κ2) is 6.70. The number of hydrogen-bond acceptors (Lipinski definition) is 3. The molecule has 2 N–H and O–H groups in total. The number of carbonyl (C=O) groups excluding carboxylic acids is 2. The van der Waals surface area contributed by atoms with Gasteiger partial charge in [-0.05, 0) is 23.8 Å². The van der Waals surface area contributed by atoms with E-state index >= 15 is 0 Å². The number of nitrogens with zero attached hydrogens (tertiary/aromatic N) is 1. The first-order chi connectivity index (χ1) is 11.2. The van der Waals surface area contributed by atoms with E-state index in [9.17, 15) is 9.59 Å². The maximum atomic E-state index is 12.1. The first kappa shape index (κ1) is 14.7. The summed E-state index contributed by atoms with van der Waals surface area (Å²) in [5, 5.41) is 5.38. The lowest BCUT2D eigenvalue weighted by Gasteiger charge is -2.11. The number of fused-ring (bicyclic) bond motifs is 1. The van der Waals surface area contributed by atoms with Crippen LogP contribution in [-0.2, 0) is 9.59 Å². The fraction of sp³-hybridized carbons (Fsp3) is 0.0556. The number of hydrogen-bond donors (Lipinski definition) is 2. The quantitative estimate of drug-likeness (QED) is 0.856. The zero-order valence-electron chi connectivity index (χ0n) is 12.3. The molecule has 1 heterocycles. The molecule has 3 rings (SSSR count). The van der Waals surface area contributed by atoms with Gasteiger partial charge in [-0.1, -0.05) is 42.5 Å². The van der Waals surface area contributed by atoms with Crippen LogP contribution in [0.25, 0.3) is 6.08 Å². The third-order valence-electron chi connectivity index (χ3n) is 3.33. The molecular formula is C18H15N3O2. The maximum absolute atomic E-state index is 12.1. The van der Waals surface area contributed by atoms with Gasteiger partial charge in [0, 0.05) is 12.3 Å². The Morgan fingerprint density at radius 2 is 1.83 bits per heavy atom. The van der Waals surface area contributed by atoms with Crippen molar-refractivity contribution in [3.8, 4) is 0 Å². The van der Waals surface area contributed by atoms with Crippen LogP contribution in [0.5, 0.6) is 0 Å². The second-order valence-electron chi connectivity index (χ2n) is 5.01. The van der Waals surface area contributed by atoms with Crippen LogP contribution >= 0.6 is 0 Å². The van der Waals surface area contributed by atoms with Gasteiger partial charge >= 0.3 is 0 Å². The Balaban J connectivity index is 1.67. The summed E-state index contributed by atoms with van der Waals surface area (Å²) >= 11 is 0. The van der Waals surface area contributed by atoms with E-state index in [0.29, 0.717) is 11.4 Å². The minimum Gasteiger partial charge on any atom is -0.336 e. The van der Waals surface area contributed by atoms with Gasteiger partial charge in [0.25, 0.3) is 5.91 Å². The number of nitrogens with one attached hydrogen (secondary N) is 2. The highest BCUT2D eigenvalue weighted by molar-refractivity contribution is 6.11. The van der Waals surface area contributed by atoms with Crippen molar-refractivity contribution < 1.29 is 9.59 Å². The number of benzene rings is 2. The van der Waals surface area contributed by atoms with Gasteiger partial charge in [-0.3, -0.25) is 14.6 Å². The topological polar surface area (TPSA) is 70.6 Å². The molecule has 0 spiro atoms. The lowest BCUT2D eigenvalue weighted by atomic mass is 10.2. The SMILES string of the molecule is O=C(/C=C/c1ccccc1)N[C@H]1C=Nc2ccccc2NC1=O. The molecule has 0 fully saturated rings. The van der Waals surface area contributed by atoms with Gasteiger partial charge in [0.05, 0.1) is 11.4 Å². The number of para-hydroxylation sites is 2. The van der Waals surface area contributed by atoms with Crippen molar-refractivity contribution in [2.75, 3.05) is 5.32 Å². The summed E-state index contributed by atoms with van der Waals surface area (Å²) < 4.78 is 0. The Hall–Kier alpha value is -3.21. The molecule has 0 aromatic heterocycles. The van der Waals surface area contributed by atoms with Crippen molar-refractivity contribution in [3.05, 3.63) is 66.2 Å². The molecule has 23 heavy (non-hydrogen) atoms. The molecule has 5 heteroatoms. The standard InChI is InChI=1S/C18H15N3O2/c22-17(11-10-13-6-2-1-3-7-13)20-16-12-19-14-8-4-5-9-15(14)21-18(16)23/h1-12,16H,(H,20,22)(H,21,23)/b11-10+/t16-/m0/s1. The van der Waals surface area contributed by atoms with Gasteiger partial charge < -0.3 is 10.6 Å². The molecule has 2 amide bonds. The van der Waals surface area contributed by atoms with E-state index in [4.69, 9.17) is 0 Å². The summed E-state index contributed by atoms with van der Waals surface area (Å²) in [4.78, 5) is 28.4. The summed E-state index contributed by atoms with van der Waals surface area (Å²) in [6.07, 6.45) is 4.53. The van der Waals surface area contributed by atoms with E-state index in [0.717, 1.165) is 5.56 Å². The van der Waals surface area contributed by atoms with Crippen molar-refractivity contribution in [3.63, 3.8) is 0 Å². The van der Waals surface area contributed by atoms with Crippen LogP contribution in [0.4, 0.5) is 11.4 Å². The Bertz CT molecular complexity index is 782. The number of rotatable bonds is 3. The normalized spacial score (nSPS) is 16.5. The van der Waals surface area contributed by atoms with Gasteiger partial charge in [0.2, 0.25) is 5.91 Å². The average molecular weight is 305 g/mol. The monoisotopic (exact) mass is 305 g/mol. The van der Waals surface area contributed by atoms with Crippen LogP contribution in [0.1, 0.15) is 5.56 Å². The third-order valence-corrected chi connectivity index (χ3v) is 3.33. The maximum Gasteiger partial charge on any atom is 0.252 e. The van der Waals surface area contributed by atoms with Crippen LogP contribution in [0.3, 0.4) is 0 Å². The first-order valence-electron chi connectivity index (χ1n) is 7.20. The molecule has 0 aliphatic carbocycles. The molecule has 0 saturated heterocycles. The van der Waals surface area contributed by atoms with Gasteiger partial charge in [-0.25, -0.2) is 0 Å². The summed E-state index contributed by atoms with van der Waals surface area (Å²) in [7, 11) is 0. The van der Waals surface area contributed by atoms with Gasteiger partial charge in [0.1, 0.15) is 6.04 Å². The summed E-state index contributed by atoms with van der Waals surface area (Å²) in [5.74, 6) is -0.674.